The van der Waals surface area contributed by atoms with Crippen LogP contribution < -0.4 is 4.43 Å². The summed E-state index contributed by atoms with van der Waals surface area (Å²) in [6.45, 7) is 14.0. The number of allylic oxidation sites excluding steroid dienone is 1. The Morgan fingerprint density at radius 1 is 1.24 bits per heavy atom. The first kappa shape index (κ1) is 23.4. The van der Waals surface area contributed by atoms with Crippen molar-refractivity contribution in [1.82, 2.24) is 0 Å². The molecule has 1 heterocycles. The zero-order valence-corrected chi connectivity index (χ0v) is 19.6. The van der Waals surface area contributed by atoms with Crippen LogP contribution >= 0.6 is 0 Å². The molecule has 0 saturated carbocycles. The summed E-state index contributed by atoms with van der Waals surface area (Å²) in [4.78, 5) is 12.7. The van der Waals surface area contributed by atoms with E-state index in [9.17, 15) is 4.79 Å². The maximum Gasteiger partial charge on any atom is 0.250 e. The molecule has 0 aromatic heterocycles. The number of para-hydroxylation sites is 1. The average molecular weight is 415 g/mol. The topological polar surface area (TPSA) is 44.8 Å². The van der Waals surface area contributed by atoms with Gasteiger partial charge in [0.05, 0.1) is 12.2 Å². The van der Waals surface area contributed by atoms with E-state index in [0.29, 0.717) is 17.9 Å². The molecule has 0 spiro atoms. The van der Waals surface area contributed by atoms with Gasteiger partial charge in [0.15, 0.2) is 6.29 Å². The lowest BCUT2D eigenvalue weighted by Gasteiger charge is -2.36. The molecule has 1 atom stereocenters. The highest BCUT2D eigenvalue weighted by atomic mass is 28.4. The highest BCUT2D eigenvalue weighted by molar-refractivity contribution is 6.74. The van der Waals surface area contributed by atoms with Crippen LogP contribution in [0.3, 0.4) is 0 Å². The molecule has 1 aliphatic heterocycles. The Hall–Kier alpha value is -1.87. The van der Waals surface area contributed by atoms with Gasteiger partial charge in [0.25, 0.3) is 8.32 Å². The van der Waals surface area contributed by atoms with E-state index in [-0.39, 0.29) is 17.1 Å². The molecule has 4 nitrogen and oxygen atoms in total. The molecule has 1 aliphatic rings. The van der Waals surface area contributed by atoms with Crippen molar-refractivity contribution in [2.45, 2.75) is 71.4 Å². The standard InChI is InChI=1S/C24H34O4Si/c1-19(16-18-27-23-13-9-10-17-26-23)14-15-21(25)20-11-7-8-12-22(20)28-29(5,6)24(2,3)4/h7-8,11-12,16,23H,9-10,13,17-18H2,1-6H3/b19-16-. The molecule has 1 fully saturated rings. The number of carbonyl (C=O) groups is 1. The number of rotatable bonds is 6. The summed E-state index contributed by atoms with van der Waals surface area (Å²) in [7, 11) is -2.04. The summed E-state index contributed by atoms with van der Waals surface area (Å²) >= 11 is 0. The Morgan fingerprint density at radius 3 is 2.62 bits per heavy atom. The van der Waals surface area contributed by atoms with Crippen LogP contribution in [0.25, 0.3) is 0 Å². The van der Waals surface area contributed by atoms with Gasteiger partial charge in [-0.2, -0.15) is 0 Å². The molecule has 5 heteroatoms. The summed E-state index contributed by atoms with van der Waals surface area (Å²) in [5, 5.41) is 0.0518. The quantitative estimate of drug-likeness (QED) is 0.257. The fraction of sp³-hybridized carbons (Fsp3) is 0.542. The van der Waals surface area contributed by atoms with Crippen LogP contribution in [0.5, 0.6) is 5.75 Å². The predicted molar refractivity (Wildman–Crippen MR) is 120 cm³/mol. The summed E-state index contributed by atoms with van der Waals surface area (Å²) < 4.78 is 17.6. The molecule has 0 bridgehead atoms. The number of benzene rings is 1. The van der Waals surface area contributed by atoms with E-state index in [1.807, 2.05) is 31.2 Å². The lowest BCUT2D eigenvalue weighted by atomic mass is 10.1. The van der Waals surface area contributed by atoms with Crippen LogP contribution in [0.15, 0.2) is 35.9 Å². The molecule has 0 amide bonds. The van der Waals surface area contributed by atoms with Gasteiger partial charge in [-0.3, -0.25) is 4.79 Å². The van der Waals surface area contributed by atoms with Crippen molar-refractivity contribution in [3.63, 3.8) is 0 Å². The molecule has 1 unspecified atom stereocenters. The summed E-state index contributed by atoms with van der Waals surface area (Å²) in [6.07, 6.45) is 4.93. The minimum absolute atomic E-state index is 0.0518. The second-order valence-corrected chi connectivity index (χ2v) is 13.7. The van der Waals surface area contributed by atoms with Crippen molar-refractivity contribution in [1.29, 1.82) is 0 Å². The fourth-order valence-electron chi connectivity index (χ4n) is 2.57. The number of ether oxygens (including phenoxy) is 2. The van der Waals surface area contributed by atoms with Crippen molar-refractivity contribution < 1.29 is 18.7 Å². The fourth-order valence-corrected chi connectivity index (χ4v) is 3.60. The van der Waals surface area contributed by atoms with Crippen molar-refractivity contribution in [2.24, 2.45) is 0 Å². The highest BCUT2D eigenvalue weighted by Crippen LogP contribution is 2.38. The Morgan fingerprint density at radius 2 is 1.97 bits per heavy atom. The van der Waals surface area contributed by atoms with Gasteiger partial charge in [-0.25, -0.2) is 0 Å². The van der Waals surface area contributed by atoms with Gasteiger partial charge >= 0.3 is 0 Å². The van der Waals surface area contributed by atoms with Gasteiger partial charge in [-0.05, 0) is 74.0 Å². The van der Waals surface area contributed by atoms with Gasteiger partial charge in [-0.15, -0.1) is 0 Å². The third-order valence-corrected chi connectivity index (χ3v) is 9.83. The molecular weight excluding hydrogens is 380 g/mol. The van der Waals surface area contributed by atoms with Crippen LogP contribution in [0.1, 0.15) is 57.3 Å². The molecule has 1 aromatic rings. The lowest BCUT2D eigenvalue weighted by molar-refractivity contribution is -0.155. The van der Waals surface area contributed by atoms with Gasteiger partial charge in [0.2, 0.25) is 5.78 Å². The van der Waals surface area contributed by atoms with Gasteiger partial charge < -0.3 is 13.9 Å². The van der Waals surface area contributed by atoms with E-state index < -0.39 is 8.32 Å². The van der Waals surface area contributed by atoms with E-state index in [0.717, 1.165) is 31.4 Å². The maximum absolute atomic E-state index is 12.7. The van der Waals surface area contributed by atoms with E-state index in [1.54, 1.807) is 6.07 Å². The minimum Gasteiger partial charge on any atom is -0.543 e. The molecular formula is C24H34O4Si. The normalized spacial score (nSPS) is 18.0. The molecule has 2 rings (SSSR count). The van der Waals surface area contributed by atoms with Crippen molar-refractivity contribution in [2.75, 3.05) is 13.2 Å². The summed E-state index contributed by atoms with van der Waals surface area (Å²) in [5.41, 5.74) is 1.32. The Kier molecular flexibility index (Phi) is 8.27. The third kappa shape index (κ3) is 7.15. The number of Topliss-reactive ketones (excluding diaryl/α,β-unsaturated/α-hetero) is 1. The highest BCUT2D eigenvalue weighted by Gasteiger charge is 2.39. The Balaban J connectivity index is 2.03. The van der Waals surface area contributed by atoms with Crippen LogP contribution in [0.4, 0.5) is 0 Å². The van der Waals surface area contributed by atoms with Crippen molar-refractivity contribution >= 4 is 14.1 Å². The lowest BCUT2D eigenvalue weighted by Crippen LogP contribution is -2.44. The first-order valence-electron chi connectivity index (χ1n) is 10.3. The van der Waals surface area contributed by atoms with E-state index in [2.05, 4.69) is 45.7 Å². The third-order valence-electron chi connectivity index (χ3n) is 5.49. The first-order chi connectivity index (χ1) is 13.6. The van der Waals surface area contributed by atoms with E-state index in [4.69, 9.17) is 13.9 Å². The number of ketones is 1. The smallest absolute Gasteiger partial charge is 0.250 e. The first-order valence-corrected chi connectivity index (χ1v) is 13.3. The zero-order valence-electron chi connectivity index (χ0n) is 18.6. The number of hydrogen-bond donors (Lipinski definition) is 0. The Bertz CT molecular complexity index is 787. The van der Waals surface area contributed by atoms with E-state index >= 15 is 0 Å². The largest absolute Gasteiger partial charge is 0.543 e. The van der Waals surface area contributed by atoms with Crippen molar-refractivity contribution in [3.8, 4) is 17.6 Å². The second kappa shape index (κ2) is 10.2. The molecule has 1 aromatic carbocycles. The van der Waals surface area contributed by atoms with Crippen molar-refractivity contribution in [3.05, 3.63) is 41.5 Å². The summed E-state index contributed by atoms with van der Waals surface area (Å²) in [6, 6.07) is 7.37. The minimum atomic E-state index is -2.04. The Labute approximate surface area is 176 Å². The SMILES string of the molecule is C/C(C#CC(=O)c1ccccc1O[Si](C)(C)C(C)(C)C)=C/COC1CCCCO1. The number of carbonyl (C=O) groups excluding carboxylic acids is 1. The molecule has 0 N–H and O–H groups in total. The van der Waals surface area contributed by atoms with Gasteiger partial charge in [0.1, 0.15) is 5.75 Å². The van der Waals surface area contributed by atoms with Crippen LogP contribution in [0.2, 0.25) is 18.1 Å². The van der Waals surface area contributed by atoms with E-state index in [1.165, 1.54) is 0 Å². The molecule has 29 heavy (non-hydrogen) atoms. The van der Waals surface area contributed by atoms with Gasteiger partial charge in [-0.1, -0.05) is 38.8 Å². The zero-order chi connectivity index (χ0) is 21.5. The maximum atomic E-state index is 12.7. The molecule has 158 valence electrons. The predicted octanol–water partition coefficient (Wildman–Crippen LogP) is 5.75. The van der Waals surface area contributed by atoms with Crippen LogP contribution in [-0.2, 0) is 9.47 Å². The molecule has 0 aliphatic carbocycles. The number of hydrogen-bond acceptors (Lipinski definition) is 4. The molecule has 0 radical (unpaired) electrons. The van der Waals surface area contributed by atoms with Gasteiger partial charge in [0, 0.05) is 6.61 Å². The van der Waals surface area contributed by atoms with Crippen LogP contribution in [0, 0.1) is 11.8 Å². The summed E-state index contributed by atoms with van der Waals surface area (Å²) in [5.74, 6) is 6.07. The molecule has 1 saturated heterocycles. The monoisotopic (exact) mass is 414 g/mol. The second-order valence-electron chi connectivity index (χ2n) is 8.95. The average Bonchev–Trinajstić information content (AvgIpc) is 2.66. The van der Waals surface area contributed by atoms with Crippen LogP contribution in [-0.4, -0.2) is 33.6 Å².